The van der Waals surface area contributed by atoms with Crippen LogP contribution >= 0.6 is 0 Å². The topological polar surface area (TPSA) is 47.4 Å². The molecule has 0 bridgehead atoms. The number of nitrogens with zero attached hydrogens (tertiary/aromatic N) is 3. The summed E-state index contributed by atoms with van der Waals surface area (Å²) in [7, 11) is 1.73. The molecule has 0 N–H and O–H groups in total. The van der Waals surface area contributed by atoms with E-state index in [9.17, 15) is 9.18 Å². The molecular formula is C18H22FN3O2. The lowest BCUT2D eigenvalue weighted by Crippen LogP contribution is -2.39. The van der Waals surface area contributed by atoms with Crippen molar-refractivity contribution in [3.8, 4) is 0 Å². The van der Waals surface area contributed by atoms with Gasteiger partial charge in [-0.15, -0.1) is 0 Å². The largest absolute Gasteiger partial charge is 0.376 e. The standard InChI is InChI=1S/C18H22FN3O2/c1-21-11-8-20-17(18(21)23)22-9-6-14(7-10-22)12-24-13-15-4-2-3-5-16(15)19/h2-5,8,11,14H,6-7,9-10,12-13H2,1H3. The van der Waals surface area contributed by atoms with Gasteiger partial charge in [-0.05, 0) is 24.8 Å². The molecule has 0 aliphatic carbocycles. The molecule has 6 heteroatoms. The van der Waals surface area contributed by atoms with Crippen LogP contribution in [0, 0.1) is 11.7 Å². The van der Waals surface area contributed by atoms with Gasteiger partial charge in [0.25, 0.3) is 5.56 Å². The first-order valence-electron chi connectivity index (χ1n) is 8.23. The van der Waals surface area contributed by atoms with Crippen molar-refractivity contribution in [2.45, 2.75) is 19.4 Å². The van der Waals surface area contributed by atoms with Gasteiger partial charge in [0.1, 0.15) is 5.82 Å². The van der Waals surface area contributed by atoms with Gasteiger partial charge in [0.15, 0.2) is 5.82 Å². The quantitative estimate of drug-likeness (QED) is 0.844. The summed E-state index contributed by atoms with van der Waals surface area (Å²) in [6.45, 7) is 2.50. The number of ether oxygens (including phenoxy) is 1. The number of halogens is 1. The SMILES string of the molecule is Cn1ccnc(N2CCC(COCc3ccccc3F)CC2)c1=O. The third-order valence-electron chi connectivity index (χ3n) is 4.48. The summed E-state index contributed by atoms with van der Waals surface area (Å²) in [5, 5.41) is 0. The Hall–Kier alpha value is -2.21. The lowest BCUT2D eigenvalue weighted by Gasteiger charge is -2.32. The van der Waals surface area contributed by atoms with E-state index >= 15 is 0 Å². The Labute approximate surface area is 140 Å². The Morgan fingerprint density at radius 3 is 2.79 bits per heavy atom. The van der Waals surface area contributed by atoms with Gasteiger partial charge in [0.2, 0.25) is 0 Å². The van der Waals surface area contributed by atoms with E-state index in [-0.39, 0.29) is 11.4 Å². The highest BCUT2D eigenvalue weighted by Gasteiger charge is 2.22. The molecule has 2 aromatic rings. The zero-order valence-electron chi connectivity index (χ0n) is 13.8. The minimum atomic E-state index is -0.224. The van der Waals surface area contributed by atoms with Gasteiger partial charge in [-0.3, -0.25) is 4.79 Å². The lowest BCUT2D eigenvalue weighted by molar-refractivity contribution is 0.0768. The molecule has 1 aliphatic heterocycles. The van der Waals surface area contributed by atoms with Gasteiger partial charge in [-0.25, -0.2) is 9.37 Å². The number of hydrogen-bond acceptors (Lipinski definition) is 4. The summed E-state index contributed by atoms with van der Waals surface area (Å²) in [5.41, 5.74) is 0.527. The van der Waals surface area contributed by atoms with E-state index in [1.165, 1.54) is 6.07 Å². The van der Waals surface area contributed by atoms with Gasteiger partial charge < -0.3 is 14.2 Å². The van der Waals surface area contributed by atoms with Crippen molar-refractivity contribution in [2.24, 2.45) is 13.0 Å². The number of anilines is 1. The second kappa shape index (κ2) is 7.57. The molecular weight excluding hydrogens is 309 g/mol. The van der Waals surface area contributed by atoms with Crippen LogP contribution in [0.3, 0.4) is 0 Å². The Balaban J connectivity index is 1.48. The predicted molar refractivity (Wildman–Crippen MR) is 90.5 cm³/mol. The van der Waals surface area contributed by atoms with Gasteiger partial charge in [-0.1, -0.05) is 18.2 Å². The van der Waals surface area contributed by atoms with Crippen LogP contribution in [0.15, 0.2) is 41.5 Å². The average molecular weight is 331 g/mol. The van der Waals surface area contributed by atoms with Gasteiger partial charge in [-0.2, -0.15) is 0 Å². The van der Waals surface area contributed by atoms with Crippen molar-refractivity contribution in [3.05, 3.63) is 58.4 Å². The number of rotatable bonds is 5. The molecule has 5 nitrogen and oxygen atoms in total. The predicted octanol–water partition coefficient (Wildman–Crippen LogP) is 2.35. The molecule has 24 heavy (non-hydrogen) atoms. The molecule has 2 heterocycles. The summed E-state index contributed by atoms with van der Waals surface area (Å²) in [6, 6.07) is 6.68. The van der Waals surface area contributed by atoms with Crippen molar-refractivity contribution in [3.63, 3.8) is 0 Å². The Morgan fingerprint density at radius 1 is 1.29 bits per heavy atom. The zero-order chi connectivity index (χ0) is 16.9. The highest BCUT2D eigenvalue weighted by Crippen LogP contribution is 2.20. The molecule has 1 aromatic heterocycles. The van der Waals surface area contributed by atoms with Crippen molar-refractivity contribution in [1.82, 2.24) is 9.55 Å². The third-order valence-corrected chi connectivity index (χ3v) is 4.48. The van der Waals surface area contributed by atoms with E-state index in [2.05, 4.69) is 4.98 Å². The van der Waals surface area contributed by atoms with Crippen LogP contribution in [0.2, 0.25) is 0 Å². The smallest absolute Gasteiger partial charge is 0.293 e. The second-order valence-electron chi connectivity index (χ2n) is 6.20. The highest BCUT2D eigenvalue weighted by atomic mass is 19.1. The molecule has 0 radical (unpaired) electrons. The Bertz CT molecular complexity index is 739. The first kappa shape index (κ1) is 16.6. The summed E-state index contributed by atoms with van der Waals surface area (Å²) in [5.74, 6) is 0.727. The van der Waals surface area contributed by atoms with E-state index in [0.717, 1.165) is 25.9 Å². The first-order chi connectivity index (χ1) is 11.6. The van der Waals surface area contributed by atoms with Crippen LogP contribution < -0.4 is 10.5 Å². The molecule has 0 amide bonds. The van der Waals surface area contributed by atoms with Crippen molar-refractivity contribution in [1.29, 1.82) is 0 Å². The number of benzene rings is 1. The minimum absolute atomic E-state index is 0.0632. The van der Waals surface area contributed by atoms with E-state index in [1.807, 2.05) is 11.0 Å². The summed E-state index contributed by atoms with van der Waals surface area (Å²) < 4.78 is 20.8. The maximum absolute atomic E-state index is 13.5. The van der Waals surface area contributed by atoms with Crippen LogP contribution in [0.25, 0.3) is 0 Å². The van der Waals surface area contributed by atoms with Crippen LogP contribution in [0.5, 0.6) is 0 Å². The van der Waals surface area contributed by atoms with Crippen LogP contribution in [0.1, 0.15) is 18.4 Å². The van der Waals surface area contributed by atoms with E-state index in [4.69, 9.17) is 4.74 Å². The maximum atomic E-state index is 13.5. The summed E-state index contributed by atoms with van der Waals surface area (Å²) in [4.78, 5) is 18.4. The van der Waals surface area contributed by atoms with Crippen LogP contribution in [-0.2, 0) is 18.4 Å². The molecule has 0 saturated carbocycles. The van der Waals surface area contributed by atoms with Crippen molar-refractivity contribution >= 4 is 5.82 Å². The number of piperidine rings is 1. The molecule has 1 saturated heterocycles. The molecule has 1 fully saturated rings. The maximum Gasteiger partial charge on any atom is 0.293 e. The minimum Gasteiger partial charge on any atom is -0.376 e. The third kappa shape index (κ3) is 3.82. The zero-order valence-corrected chi connectivity index (χ0v) is 13.8. The molecule has 0 atom stereocenters. The first-order valence-corrected chi connectivity index (χ1v) is 8.23. The van der Waals surface area contributed by atoms with Crippen LogP contribution in [-0.4, -0.2) is 29.2 Å². The fraction of sp³-hybridized carbons (Fsp3) is 0.444. The van der Waals surface area contributed by atoms with Crippen molar-refractivity contribution < 1.29 is 9.13 Å². The average Bonchev–Trinajstić information content (AvgIpc) is 2.60. The van der Waals surface area contributed by atoms with E-state index < -0.39 is 0 Å². The Morgan fingerprint density at radius 2 is 2.04 bits per heavy atom. The fourth-order valence-corrected chi connectivity index (χ4v) is 2.96. The van der Waals surface area contributed by atoms with Gasteiger partial charge in [0, 0.05) is 44.7 Å². The molecule has 128 valence electrons. The molecule has 1 aromatic carbocycles. The number of aryl methyl sites for hydroxylation is 1. The summed E-state index contributed by atoms with van der Waals surface area (Å²) in [6.07, 6.45) is 5.20. The van der Waals surface area contributed by atoms with Gasteiger partial charge >= 0.3 is 0 Å². The van der Waals surface area contributed by atoms with E-state index in [0.29, 0.717) is 30.5 Å². The van der Waals surface area contributed by atoms with Crippen molar-refractivity contribution in [2.75, 3.05) is 24.6 Å². The molecule has 1 aliphatic rings. The van der Waals surface area contributed by atoms with Crippen LogP contribution in [0.4, 0.5) is 10.2 Å². The second-order valence-corrected chi connectivity index (χ2v) is 6.20. The number of aromatic nitrogens is 2. The highest BCUT2D eigenvalue weighted by molar-refractivity contribution is 5.36. The molecule has 3 rings (SSSR count). The molecule has 0 unspecified atom stereocenters. The van der Waals surface area contributed by atoms with Gasteiger partial charge in [0.05, 0.1) is 6.61 Å². The Kier molecular flexibility index (Phi) is 5.25. The summed E-state index contributed by atoms with van der Waals surface area (Å²) >= 11 is 0. The molecule has 0 spiro atoms. The fourth-order valence-electron chi connectivity index (χ4n) is 2.96. The monoisotopic (exact) mass is 331 g/mol. The van der Waals surface area contributed by atoms with E-state index in [1.54, 1.807) is 36.1 Å². The lowest BCUT2D eigenvalue weighted by atomic mass is 9.98. The number of hydrogen-bond donors (Lipinski definition) is 0. The normalized spacial score (nSPS) is 15.7.